The van der Waals surface area contributed by atoms with Crippen molar-refractivity contribution in [3.63, 3.8) is 0 Å². The summed E-state index contributed by atoms with van der Waals surface area (Å²) in [5.41, 5.74) is 0.573. The highest BCUT2D eigenvalue weighted by atomic mass is 32.2. The van der Waals surface area contributed by atoms with Gasteiger partial charge in [0.1, 0.15) is 5.82 Å². The minimum absolute atomic E-state index is 0.0670. The SMILES string of the molecule is CCN(CC1CCCN1)S(=O)(=O)c1cc(F)ccc1C. The number of rotatable bonds is 5. The van der Waals surface area contributed by atoms with E-state index >= 15 is 0 Å². The predicted octanol–water partition coefficient (Wildman–Crippen LogP) is 1.90. The summed E-state index contributed by atoms with van der Waals surface area (Å²) in [5.74, 6) is -0.524. The Morgan fingerprint density at radius 3 is 2.80 bits per heavy atom. The summed E-state index contributed by atoms with van der Waals surface area (Å²) in [6.45, 7) is 5.25. The van der Waals surface area contributed by atoms with Crippen LogP contribution in [0.3, 0.4) is 0 Å². The van der Waals surface area contributed by atoms with Crippen molar-refractivity contribution in [2.24, 2.45) is 0 Å². The smallest absolute Gasteiger partial charge is 0.243 e. The zero-order valence-electron chi connectivity index (χ0n) is 11.9. The molecule has 0 aromatic heterocycles. The van der Waals surface area contributed by atoms with Gasteiger partial charge in [0.05, 0.1) is 4.90 Å². The highest BCUT2D eigenvalue weighted by Gasteiger charge is 2.28. The summed E-state index contributed by atoms with van der Waals surface area (Å²) in [7, 11) is -3.64. The van der Waals surface area contributed by atoms with Gasteiger partial charge in [-0.3, -0.25) is 0 Å². The second kappa shape index (κ2) is 6.20. The van der Waals surface area contributed by atoms with Crippen molar-refractivity contribution in [3.8, 4) is 0 Å². The molecule has 1 atom stereocenters. The number of aryl methyl sites for hydroxylation is 1. The molecule has 0 aliphatic carbocycles. The maximum atomic E-state index is 13.4. The van der Waals surface area contributed by atoms with Gasteiger partial charge in [-0.2, -0.15) is 4.31 Å². The molecule has 0 radical (unpaired) electrons. The number of likely N-dealkylation sites (N-methyl/N-ethyl adjacent to an activating group) is 1. The number of nitrogens with one attached hydrogen (secondary N) is 1. The monoisotopic (exact) mass is 300 g/mol. The molecular weight excluding hydrogens is 279 g/mol. The van der Waals surface area contributed by atoms with E-state index in [1.807, 2.05) is 0 Å². The van der Waals surface area contributed by atoms with Crippen LogP contribution in [0, 0.1) is 12.7 Å². The van der Waals surface area contributed by atoms with Gasteiger partial charge in [0.15, 0.2) is 0 Å². The maximum Gasteiger partial charge on any atom is 0.243 e. The fourth-order valence-electron chi connectivity index (χ4n) is 2.55. The van der Waals surface area contributed by atoms with Crippen molar-refractivity contribution in [1.29, 1.82) is 0 Å². The molecule has 1 aromatic carbocycles. The molecule has 1 aliphatic rings. The first-order chi connectivity index (χ1) is 9.45. The molecule has 0 bridgehead atoms. The molecule has 0 amide bonds. The minimum Gasteiger partial charge on any atom is -0.313 e. The van der Waals surface area contributed by atoms with E-state index in [1.54, 1.807) is 13.8 Å². The number of hydrogen-bond acceptors (Lipinski definition) is 3. The standard InChI is InChI=1S/C14H21FN2O2S/c1-3-17(10-13-5-4-8-16-13)20(18,19)14-9-12(15)7-6-11(14)2/h6-7,9,13,16H,3-5,8,10H2,1-2H3. The van der Waals surface area contributed by atoms with E-state index < -0.39 is 15.8 Å². The first-order valence-electron chi connectivity index (χ1n) is 6.95. The van der Waals surface area contributed by atoms with E-state index in [0.29, 0.717) is 18.7 Å². The van der Waals surface area contributed by atoms with Crippen molar-refractivity contribution in [1.82, 2.24) is 9.62 Å². The van der Waals surface area contributed by atoms with Gasteiger partial charge in [0, 0.05) is 19.1 Å². The summed E-state index contributed by atoms with van der Waals surface area (Å²) < 4.78 is 40.1. The Kier molecular flexibility index (Phi) is 4.78. The number of halogens is 1. The fraction of sp³-hybridized carbons (Fsp3) is 0.571. The molecule has 112 valence electrons. The Morgan fingerprint density at radius 1 is 1.45 bits per heavy atom. The number of benzene rings is 1. The van der Waals surface area contributed by atoms with Crippen LogP contribution in [0.2, 0.25) is 0 Å². The zero-order valence-corrected chi connectivity index (χ0v) is 12.7. The van der Waals surface area contributed by atoms with Crippen LogP contribution in [0.25, 0.3) is 0 Å². The van der Waals surface area contributed by atoms with Crippen molar-refractivity contribution in [2.75, 3.05) is 19.6 Å². The molecule has 1 fully saturated rings. The fourth-order valence-corrected chi connectivity index (χ4v) is 4.28. The lowest BCUT2D eigenvalue weighted by molar-refractivity contribution is 0.382. The lowest BCUT2D eigenvalue weighted by Crippen LogP contribution is -2.41. The lowest BCUT2D eigenvalue weighted by Gasteiger charge is -2.24. The Labute approximate surface area is 120 Å². The van der Waals surface area contributed by atoms with E-state index in [0.717, 1.165) is 25.5 Å². The van der Waals surface area contributed by atoms with E-state index in [2.05, 4.69) is 5.32 Å². The summed E-state index contributed by atoms with van der Waals surface area (Å²) in [4.78, 5) is 0.0670. The van der Waals surface area contributed by atoms with Gasteiger partial charge in [-0.25, -0.2) is 12.8 Å². The van der Waals surface area contributed by atoms with Crippen molar-refractivity contribution in [3.05, 3.63) is 29.6 Å². The molecule has 1 aromatic rings. The van der Waals surface area contributed by atoms with Gasteiger partial charge in [0.25, 0.3) is 0 Å². The summed E-state index contributed by atoms with van der Waals surface area (Å²) in [6, 6.07) is 4.08. The molecule has 1 unspecified atom stereocenters. The van der Waals surface area contributed by atoms with Crippen molar-refractivity contribution >= 4 is 10.0 Å². The Bertz CT molecular complexity index is 569. The lowest BCUT2D eigenvalue weighted by atomic mass is 10.2. The van der Waals surface area contributed by atoms with E-state index in [4.69, 9.17) is 0 Å². The topological polar surface area (TPSA) is 49.4 Å². The summed E-state index contributed by atoms with van der Waals surface area (Å²) >= 11 is 0. The molecular formula is C14H21FN2O2S. The number of hydrogen-bond donors (Lipinski definition) is 1. The Morgan fingerprint density at radius 2 is 2.20 bits per heavy atom. The Balaban J connectivity index is 2.28. The summed E-state index contributed by atoms with van der Waals surface area (Å²) in [5, 5.41) is 3.29. The van der Waals surface area contributed by atoms with Crippen LogP contribution in [-0.4, -0.2) is 38.4 Å². The predicted molar refractivity (Wildman–Crippen MR) is 76.6 cm³/mol. The van der Waals surface area contributed by atoms with Crippen molar-refractivity contribution < 1.29 is 12.8 Å². The van der Waals surface area contributed by atoms with E-state index in [1.165, 1.54) is 16.4 Å². The molecule has 6 heteroatoms. The van der Waals surface area contributed by atoms with Crippen LogP contribution in [0.15, 0.2) is 23.1 Å². The number of nitrogens with zero attached hydrogens (tertiary/aromatic N) is 1. The van der Waals surface area contributed by atoms with Gasteiger partial charge < -0.3 is 5.32 Å². The normalized spacial score (nSPS) is 19.7. The van der Waals surface area contributed by atoms with E-state index in [9.17, 15) is 12.8 Å². The molecule has 20 heavy (non-hydrogen) atoms. The van der Waals surface area contributed by atoms with Gasteiger partial charge in [-0.15, -0.1) is 0 Å². The van der Waals surface area contributed by atoms with Crippen molar-refractivity contribution in [2.45, 2.75) is 37.6 Å². The van der Waals surface area contributed by atoms with Gasteiger partial charge in [0.2, 0.25) is 10.0 Å². The third kappa shape index (κ3) is 3.19. The van der Waals surface area contributed by atoms with E-state index in [-0.39, 0.29) is 10.9 Å². The average molecular weight is 300 g/mol. The van der Waals surface area contributed by atoms with Crippen LogP contribution in [0.5, 0.6) is 0 Å². The van der Waals surface area contributed by atoms with Crippen LogP contribution in [-0.2, 0) is 10.0 Å². The minimum atomic E-state index is -3.64. The molecule has 2 rings (SSSR count). The molecule has 0 spiro atoms. The maximum absolute atomic E-state index is 13.4. The van der Waals surface area contributed by atoms with Crippen LogP contribution in [0.1, 0.15) is 25.3 Å². The Hall–Kier alpha value is -0.980. The first-order valence-corrected chi connectivity index (χ1v) is 8.39. The third-order valence-electron chi connectivity index (χ3n) is 3.71. The molecule has 0 saturated carbocycles. The summed E-state index contributed by atoms with van der Waals surface area (Å²) in [6.07, 6.45) is 2.05. The third-order valence-corrected chi connectivity index (χ3v) is 5.79. The van der Waals surface area contributed by atoms with Crippen LogP contribution < -0.4 is 5.32 Å². The molecule has 4 nitrogen and oxygen atoms in total. The molecule has 1 heterocycles. The highest BCUT2D eigenvalue weighted by Crippen LogP contribution is 2.22. The largest absolute Gasteiger partial charge is 0.313 e. The van der Waals surface area contributed by atoms with Crippen LogP contribution in [0.4, 0.5) is 4.39 Å². The second-order valence-electron chi connectivity index (χ2n) is 5.16. The average Bonchev–Trinajstić information content (AvgIpc) is 2.91. The van der Waals surface area contributed by atoms with Crippen LogP contribution >= 0.6 is 0 Å². The first kappa shape index (κ1) is 15.4. The highest BCUT2D eigenvalue weighted by molar-refractivity contribution is 7.89. The zero-order chi connectivity index (χ0) is 14.8. The molecule has 1 N–H and O–H groups in total. The molecule has 1 aliphatic heterocycles. The van der Waals surface area contributed by atoms with Gasteiger partial charge >= 0.3 is 0 Å². The van der Waals surface area contributed by atoms with Gasteiger partial charge in [-0.05, 0) is 44.0 Å². The quantitative estimate of drug-likeness (QED) is 0.903. The molecule has 1 saturated heterocycles. The second-order valence-corrected chi connectivity index (χ2v) is 7.07. The number of sulfonamides is 1. The van der Waals surface area contributed by atoms with Gasteiger partial charge in [-0.1, -0.05) is 13.0 Å².